The van der Waals surface area contributed by atoms with Crippen molar-refractivity contribution in [1.29, 1.82) is 0 Å². The first-order valence-corrected chi connectivity index (χ1v) is 14.1. The Morgan fingerprint density at radius 3 is 2.00 bits per heavy atom. The van der Waals surface area contributed by atoms with E-state index in [0.29, 0.717) is 5.56 Å². The number of esters is 1. The van der Waals surface area contributed by atoms with Gasteiger partial charge in [0.15, 0.2) is 0 Å². The maximum Gasteiger partial charge on any atom is 0.407 e. The topological polar surface area (TPSA) is 73.9 Å². The summed E-state index contributed by atoms with van der Waals surface area (Å²) in [7, 11) is -2.35. The van der Waals surface area contributed by atoms with Crippen molar-refractivity contribution < 1.29 is 30.3 Å². The van der Waals surface area contributed by atoms with Gasteiger partial charge in [-0.2, -0.15) is 0 Å². The second kappa shape index (κ2) is 13.7. The quantitative estimate of drug-likeness (QED) is 0.213. The minimum absolute atomic E-state index is 0.156. The molecular formula is C31H37NO5Si. The molecule has 0 aromatic heterocycles. The fourth-order valence-electron chi connectivity index (χ4n) is 4.14. The summed E-state index contributed by atoms with van der Waals surface area (Å²) in [4.78, 5) is 25.1. The normalized spacial score (nSPS) is 16.3. The third-order valence-corrected chi connectivity index (χ3v) is 10.9. The molecule has 0 heterocycles. The van der Waals surface area contributed by atoms with Gasteiger partial charge in [-0.3, -0.25) is 0 Å². The number of benzene rings is 3. The van der Waals surface area contributed by atoms with Crippen LogP contribution in [0.4, 0.5) is 4.79 Å². The average molecular weight is 537 g/mol. The summed E-state index contributed by atoms with van der Waals surface area (Å²) in [6, 6.07) is 22.7. The van der Waals surface area contributed by atoms with Crippen molar-refractivity contribution in [3.63, 3.8) is 0 Å². The summed E-state index contributed by atoms with van der Waals surface area (Å²) < 4.78 is 59.9. The molecule has 0 aliphatic carbocycles. The van der Waals surface area contributed by atoms with Gasteiger partial charge in [-0.15, -0.1) is 0 Å². The fraction of sp³-hybridized carbons (Fsp3) is 0.290. The lowest BCUT2D eigenvalue weighted by Gasteiger charge is -2.43. The van der Waals surface area contributed by atoms with Crippen LogP contribution in [0.1, 0.15) is 39.6 Å². The van der Waals surface area contributed by atoms with E-state index in [0.717, 1.165) is 17.5 Å². The summed E-state index contributed by atoms with van der Waals surface area (Å²) in [5.41, 5.74) is 0.667. The van der Waals surface area contributed by atoms with Crippen LogP contribution in [0.3, 0.4) is 0 Å². The minimum atomic E-state index is -3.35. The molecule has 0 saturated carbocycles. The highest BCUT2D eigenvalue weighted by Crippen LogP contribution is 2.36. The van der Waals surface area contributed by atoms with E-state index < -0.39 is 56.5 Å². The molecule has 0 radical (unpaired) electrons. The molecule has 200 valence electrons. The predicted octanol–water partition coefficient (Wildman–Crippen LogP) is 4.98. The molecule has 6 nitrogen and oxygen atoms in total. The molecule has 0 spiro atoms. The van der Waals surface area contributed by atoms with Crippen LogP contribution in [0.25, 0.3) is 0 Å². The van der Waals surface area contributed by atoms with Gasteiger partial charge in [0, 0.05) is 8.79 Å². The van der Waals surface area contributed by atoms with E-state index in [2.05, 4.69) is 10.1 Å². The highest BCUT2D eigenvalue weighted by atomic mass is 28.4. The first-order chi connectivity index (χ1) is 20.2. The fourth-order valence-corrected chi connectivity index (χ4v) is 8.65. The van der Waals surface area contributed by atoms with Gasteiger partial charge < -0.3 is 19.2 Å². The number of methoxy groups -OCH3 is 1. The number of hydrogen-bond acceptors (Lipinski definition) is 5. The molecule has 1 amide bonds. The van der Waals surface area contributed by atoms with Crippen molar-refractivity contribution in [2.45, 2.75) is 44.8 Å². The summed E-state index contributed by atoms with van der Waals surface area (Å²) in [5, 5.41) is 3.41. The Hall–Kier alpha value is -3.68. The molecule has 0 fully saturated rings. The van der Waals surface area contributed by atoms with Crippen LogP contribution in [0, 0.1) is 0 Å². The molecule has 1 N–H and O–H groups in total. The number of ether oxygens (including phenoxy) is 2. The lowest BCUT2D eigenvalue weighted by Crippen LogP contribution is -2.67. The molecule has 3 aromatic rings. The van der Waals surface area contributed by atoms with Crippen LogP contribution in [0.2, 0.25) is 5.04 Å². The summed E-state index contributed by atoms with van der Waals surface area (Å²) in [6.45, 7) is 5.09. The average Bonchev–Trinajstić information content (AvgIpc) is 3.00. The van der Waals surface area contributed by atoms with E-state index in [-0.39, 0.29) is 6.61 Å². The van der Waals surface area contributed by atoms with Crippen molar-refractivity contribution >= 4 is 30.8 Å². The molecule has 3 rings (SSSR count). The van der Waals surface area contributed by atoms with Gasteiger partial charge in [-0.25, -0.2) is 9.59 Å². The van der Waals surface area contributed by atoms with Crippen LogP contribution in [-0.2, 0) is 25.3 Å². The van der Waals surface area contributed by atoms with Crippen molar-refractivity contribution in [1.82, 2.24) is 5.32 Å². The van der Waals surface area contributed by atoms with E-state index in [1.165, 1.54) is 0 Å². The van der Waals surface area contributed by atoms with Gasteiger partial charge in [-0.1, -0.05) is 118 Å². The highest BCUT2D eigenvalue weighted by Gasteiger charge is 2.50. The van der Waals surface area contributed by atoms with E-state index in [1.807, 2.05) is 81.4 Å². The van der Waals surface area contributed by atoms with Crippen LogP contribution in [-0.4, -0.2) is 40.1 Å². The Morgan fingerprint density at radius 2 is 1.50 bits per heavy atom. The van der Waals surface area contributed by atoms with Gasteiger partial charge >= 0.3 is 12.1 Å². The number of amides is 1. The summed E-state index contributed by atoms with van der Waals surface area (Å²) >= 11 is 0. The largest absolute Gasteiger partial charge is 0.466 e. The molecule has 3 aromatic carbocycles. The first kappa shape index (κ1) is 22.3. The van der Waals surface area contributed by atoms with Gasteiger partial charge in [0.2, 0.25) is 0 Å². The SMILES string of the molecule is [2H]/C(C(=O)OC)=C(\[2H])C([2H])([2H])[C@@]([2H])(CO[Si](c1ccccc1)(c1ccccc1)C(C)(C)C)NC(=O)OCc1ccccc1. The Balaban J connectivity index is 2.12. The molecular weight excluding hydrogens is 494 g/mol. The van der Waals surface area contributed by atoms with Crippen LogP contribution in [0.5, 0.6) is 0 Å². The zero-order valence-electron chi connectivity index (χ0n) is 27.1. The van der Waals surface area contributed by atoms with Crippen molar-refractivity contribution in [3.8, 4) is 0 Å². The van der Waals surface area contributed by atoms with E-state index in [9.17, 15) is 11.0 Å². The monoisotopic (exact) mass is 536 g/mol. The van der Waals surface area contributed by atoms with Gasteiger partial charge in [0.1, 0.15) is 6.61 Å². The van der Waals surface area contributed by atoms with Crippen LogP contribution < -0.4 is 15.7 Å². The number of carbonyl (C=O) groups excluding carboxylic acids is 2. The zero-order valence-corrected chi connectivity index (χ0v) is 23.1. The third-order valence-electron chi connectivity index (χ3n) is 5.88. The Bertz CT molecular complexity index is 1380. The molecule has 0 aliphatic heterocycles. The number of hydrogen-bond donors (Lipinski definition) is 1. The second-order valence-electron chi connectivity index (χ2n) is 9.48. The van der Waals surface area contributed by atoms with E-state index in [1.54, 1.807) is 30.3 Å². The standard InChI is InChI=1S/C31H37NO5Si/c1-31(2,3)38(27-18-10-6-11-19-27,28-20-12-7-13-21-28)37-24-26(17-14-22-29(33)35-4)32-30(34)36-23-25-15-8-5-9-16-25/h5-16,18-22,26H,17,23-24H2,1-4H3,(H,32,34)/b22-14-/t26-/m0/s1/i14D,17D2,22D,26D. The lowest BCUT2D eigenvalue weighted by atomic mass is 10.2. The smallest absolute Gasteiger partial charge is 0.407 e. The molecule has 0 saturated heterocycles. The summed E-state index contributed by atoms with van der Waals surface area (Å²) in [6.07, 6.45) is -4.23. The van der Waals surface area contributed by atoms with Crippen molar-refractivity contribution in [2.75, 3.05) is 13.7 Å². The summed E-state index contributed by atoms with van der Waals surface area (Å²) in [5.74, 6) is -1.25. The Labute approximate surface area is 233 Å². The predicted molar refractivity (Wildman–Crippen MR) is 153 cm³/mol. The van der Waals surface area contributed by atoms with E-state index in [4.69, 9.17) is 14.6 Å². The molecule has 1 atom stereocenters. The van der Waals surface area contributed by atoms with Crippen LogP contribution >= 0.6 is 0 Å². The highest BCUT2D eigenvalue weighted by molar-refractivity contribution is 6.99. The van der Waals surface area contributed by atoms with Crippen molar-refractivity contribution in [3.05, 3.63) is 109 Å². The molecule has 0 unspecified atom stereocenters. The number of carbonyl (C=O) groups is 2. The molecule has 38 heavy (non-hydrogen) atoms. The van der Waals surface area contributed by atoms with Gasteiger partial charge in [0.25, 0.3) is 8.32 Å². The maximum atomic E-state index is 13.0. The lowest BCUT2D eigenvalue weighted by molar-refractivity contribution is -0.134. The number of alkyl carbamates (subject to hydrolysis) is 1. The molecule has 0 aliphatic rings. The van der Waals surface area contributed by atoms with Gasteiger partial charge in [-0.05, 0) is 27.3 Å². The maximum absolute atomic E-state index is 13.0. The van der Waals surface area contributed by atoms with Crippen LogP contribution in [0.15, 0.2) is 103 Å². The first-order valence-electron chi connectivity index (χ1n) is 14.7. The van der Waals surface area contributed by atoms with Gasteiger partial charge in [0.05, 0.1) is 23.8 Å². The molecule has 7 heteroatoms. The van der Waals surface area contributed by atoms with E-state index >= 15 is 0 Å². The zero-order chi connectivity index (χ0) is 31.9. The second-order valence-corrected chi connectivity index (χ2v) is 13.8. The Kier molecular flexibility index (Phi) is 8.07. The molecule has 0 bridgehead atoms. The number of rotatable bonds is 11. The third kappa shape index (κ3) is 7.66. The Morgan fingerprint density at radius 1 is 0.974 bits per heavy atom. The minimum Gasteiger partial charge on any atom is -0.466 e. The number of nitrogens with one attached hydrogen (secondary N) is 1. The van der Waals surface area contributed by atoms with Crippen molar-refractivity contribution in [2.24, 2.45) is 0 Å².